The molecule has 2 aromatic rings. The first kappa shape index (κ1) is 17.4. The third kappa shape index (κ3) is 3.80. The zero-order chi connectivity index (χ0) is 18.0. The van der Waals surface area contributed by atoms with Gasteiger partial charge in [0.05, 0.1) is 24.5 Å². The molecule has 2 N–H and O–H groups in total. The molecule has 1 aliphatic heterocycles. The summed E-state index contributed by atoms with van der Waals surface area (Å²) in [6.45, 7) is 2.22. The largest absolute Gasteiger partial charge is 0.385 e. The highest BCUT2D eigenvalue weighted by atomic mass is 16.3. The lowest BCUT2D eigenvalue weighted by molar-refractivity contribution is 0.0705. The van der Waals surface area contributed by atoms with Gasteiger partial charge in [0, 0.05) is 31.9 Å². The van der Waals surface area contributed by atoms with Gasteiger partial charge in [0.25, 0.3) is 5.91 Å². The summed E-state index contributed by atoms with van der Waals surface area (Å²) in [5, 5.41) is 17.7. The highest BCUT2D eigenvalue weighted by molar-refractivity contribution is 5.94. The Bertz CT molecular complexity index is 757. The molecule has 1 aliphatic rings. The Kier molecular flexibility index (Phi) is 5.00. The molecule has 0 radical (unpaired) electrons. The molecule has 3 rings (SSSR count). The number of fused-ring (bicyclic) bond motifs is 1. The molecule has 0 aliphatic carbocycles. The lowest BCUT2D eigenvalue weighted by atomic mass is 10.2. The van der Waals surface area contributed by atoms with Crippen LogP contribution >= 0.6 is 0 Å². The van der Waals surface area contributed by atoms with Gasteiger partial charge >= 0.3 is 0 Å². The van der Waals surface area contributed by atoms with Crippen molar-refractivity contribution in [1.29, 1.82) is 0 Å². The van der Waals surface area contributed by atoms with Crippen molar-refractivity contribution in [3.8, 4) is 0 Å². The number of pyridine rings is 1. The monoisotopic (exact) mass is 344 g/mol. The zero-order valence-electron chi connectivity index (χ0n) is 14.8. The van der Waals surface area contributed by atoms with Gasteiger partial charge in [-0.05, 0) is 32.3 Å². The number of nitrogens with one attached hydrogen (secondary N) is 1. The van der Waals surface area contributed by atoms with Crippen LogP contribution in [-0.2, 0) is 13.1 Å². The van der Waals surface area contributed by atoms with E-state index in [1.807, 2.05) is 29.7 Å². The van der Waals surface area contributed by atoms with Crippen LogP contribution in [0, 0.1) is 0 Å². The molecule has 0 saturated carbocycles. The number of carbonyl (C=O) groups excluding carboxylic acids is 1. The predicted octanol–water partition coefficient (Wildman–Crippen LogP) is 0.571. The SMILES string of the molecule is CNc1cc(C(=O)N2CCn3nc([C@@H](O)CN(C)C)cc3C2)ccn1. The zero-order valence-corrected chi connectivity index (χ0v) is 14.8. The topological polar surface area (TPSA) is 86.5 Å². The van der Waals surface area contributed by atoms with Crippen molar-refractivity contribution in [2.24, 2.45) is 0 Å². The number of hydrogen-bond donors (Lipinski definition) is 2. The molecule has 8 heteroatoms. The molecule has 0 aromatic carbocycles. The van der Waals surface area contributed by atoms with Crippen molar-refractivity contribution in [2.45, 2.75) is 19.2 Å². The van der Waals surface area contributed by atoms with Crippen molar-refractivity contribution in [3.63, 3.8) is 0 Å². The van der Waals surface area contributed by atoms with Gasteiger partial charge in [-0.25, -0.2) is 4.98 Å². The van der Waals surface area contributed by atoms with E-state index in [1.54, 1.807) is 30.3 Å². The molecule has 134 valence electrons. The summed E-state index contributed by atoms with van der Waals surface area (Å²) in [4.78, 5) is 20.6. The van der Waals surface area contributed by atoms with Gasteiger partial charge in [-0.3, -0.25) is 9.48 Å². The number of anilines is 1. The number of aliphatic hydroxyl groups excluding tert-OH is 1. The average Bonchev–Trinajstić information content (AvgIpc) is 3.04. The van der Waals surface area contributed by atoms with E-state index >= 15 is 0 Å². The van der Waals surface area contributed by atoms with E-state index in [4.69, 9.17) is 0 Å². The first-order valence-corrected chi connectivity index (χ1v) is 8.30. The highest BCUT2D eigenvalue weighted by Crippen LogP contribution is 2.20. The maximum absolute atomic E-state index is 12.7. The molecule has 25 heavy (non-hydrogen) atoms. The molecule has 1 atom stereocenters. The van der Waals surface area contributed by atoms with Crippen LogP contribution in [-0.4, -0.2) is 69.8 Å². The number of likely N-dealkylation sites (N-methyl/N-ethyl adjacent to an activating group) is 1. The summed E-state index contributed by atoms with van der Waals surface area (Å²) in [6, 6.07) is 5.36. The van der Waals surface area contributed by atoms with E-state index in [2.05, 4.69) is 15.4 Å². The predicted molar refractivity (Wildman–Crippen MR) is 94.3 cm³/mol. The van der Waals surface area contributed by atoms with Crippen LogP contribution in [0.4, 0.5) is 5.82 Å². The average molecular weight is 344 g/mol. The van der Waals surface area contributed by atoms with Crippen molar-refractivity contribution in [2.75, 3.05) is 39.5 Å². The van der Waals surface area contributed by atoms with Crippen LogP contribution in [0.25, 0.3) is 0 Å². The minimum Gasteiger partial charge on any atom is -0.385 e. The maximum Gasteiger partial charge on any atom is 0.254 e. The molecular weight excluding hydrogens is 320 g/mol. The fourth-order valence-electron chi connectivity index (χ4n) is 2.95. The maximum atomic E-state index is 12.7. The highest BCUT2D eigenvalue weighted by Gasteiger charge is 2.25. The molecule has 2 aromatic heterocycles. The van der Waals surface area contributed by atoms with Gasteiger partial charge in [-0.1, -0.05) is 0 Å². The normalized spacial score (nSPS) is 15.2. The summed E-state index contributed by atoms with van der Waals surface area (Å²) in [5.74, 6) is 0.642. The Morgan fingerprint density at radius 3 is 2.92 bits per heavy atom. The standard InChI is InChI=1S/C17H24N6O2/c1-18-16-8-12(4-5-19-16)17(25)22-6-7-23-13(10-22)9-14(20-23)15(24)11-21(2)3/h4-5,8-9,15,24H,6-7,10-11H2,1-3H3,(H,18,19)/t15-/m0/s1. The fraction of sp³-hybridized carbons (Fsp3) is 0.471. The van der Waals surface area contributed by atoms with Crippen LogP contribution < -0.4 is 5.32 Å². The summed E-state index contributed by atoms with van der Waals surface area (Å²) < 4.78 is 1.88. The van der Waals surface area contributed by atoms with Crippen molar-refractivity contribution in [1.82, 2.24) is 24.6 Å². The Hall–Kier alpha value is -2.45. The summed E-state index contributed by atoms with van der Waals surface area (Å²) in [5.41, 5.74) is 2.20. The number of aliphatic hydroxyl groups is 1. The molecule has 0 spiro atoms. The molecule has 3 heterocycles. The Labute approximate surface area is 147 Å². The smallest absolute Gasteiger partial charge is 0.254 e. The van der Waals surface area contributed by atoms with Crippen LogP contribution in [0.5, 0.6) is 0 Å². The van der Waals surface area contributed by atoms with E-state index in [9.17, 15) is 9.90 Å². The minimum absolute atomic E-state index is 0.0262. The fourth-order valence-corrected chi connectivity index (χ4v) is 2.95. The van der Waals surface area contributed by atoms with Gasteiger partial charge in [0.1, 0.15) is 11.9 Å². The van der Waals surface area contributed by atoms with Crippen molar-refractivity contribution in [3.05, 3.63) is 41.3 Å². The molecule has 0 bridgehead atoms. The second-order valence-electron chi connectivity index (χ2n) is 6.47. The van der Waals surface area contributed by atoms with E-state index in [0.717, 1.165) is 5.69 Å². The van der Waals surface area contributed by atoms with E-state index < -0.39 is 6.10 Å². The molecule has 0 saturated heterocycles. The van der Waals surface area contributed by atoms with Gasteiger partial charge < -0.3 is 20.2 Å². The van der Waals surface area contributed by atoms with Gasteiger partial charge in [0.2, 0.25) is 0 Å². The summed E-state index contributed by atoms with van der Waals surface area (Å²) in [7, 11) is 5.60. The summed E-state index contributed by atoms with van der Waals surface area (Å²) >= 11 is 0. The van der Waals surface area contributed by atoms with E-state index in [0.29, 0.717) is 43.3 Å². The van der Waals surface area contributed by atoms with Crippen LogP contribution in [0.2, 0.25) is 0 Å². The second kappa shape index (κ2) is 7.20. The third-order valence-electron chi connectivity index (χ3n) is 4.25. The van der Waals surface area contributed by atoms with Gasteiger partial charge in [-0.2, -0.15) is 5.10 Å². The number of hydrogen-bond acceptors (Lipinski definition) is 6. The molecular formula is C17H24N6O2. The lowest BCUT2D eigenvalue weighted by Crippen LogP contribution is -2.38. The summed E-state index contributed by atoms with van der Waals surface area (Å²) in [6.07, 6.45) is 0.999. The van der Waals surface area contributed by atoms with Gasteiger partial charge in [-0.15, -0.1) is 0 Å². The van der Waals surface area contributed by atoms with Crippen molar-refractivity contribution < 1.29 is 9.90 Å². The first-order chi connectivity index (χ1) is 12.0. The first-order valence-electron chi connectivity index (χ1n) is 8.30. The number of amides is 1. The van der Waals surface area contributed by atoms with Crippen molar-refractivity contribution >= 4 is 11.7 Å². The number of nitrogens with zero attached hydrogens (tertiary/aromatic N) is 5. The Balaban J connectivity index is 1.74. The van der Waals surface area contributed by atoms with Gasteiger partial charge in [0.15, 0.2) is 0 Å². The molecule has 1 amide bonds. The van der Waals surface area contributed by atoms with E-state index in [1.165, 1.54) is 0 Å². The van der Waals surface area contributed by atoms with Crippen LogP contribution in [0.3, 0.4) is 0 Å². The second-order valence-corrected chi connectivity index (χ2v) is 6.47. The number of carbonyl (C=O) groups is 1. The minimum atomic E-state index is -0.629. The quantitative estimate of drug-likeness (QED) is 0.825. The molecule has 0 fully saturated rings. The number of aromatic nitrogens is 3. The van der Waals surface area contributed by atoms with Crippen LogP contribution in [0.1, 0.15) is 27.8 Å². The Morgan fingerprint density at radius 2 is 2.20 bits per heavy atom. The Morgan fingerprint density at radius 1 is 1.40 bits per heavy atom. The van der Waals surface area contributed by atoms with E-state index in [-0.39, 0.29) is 5.91 Å². The number of rotatable bonds is 5. The van der Waals surface area contributed by atoms with Crippen LogP contribution in [0.15, 0.2) is 24.4 Å². The third-order valence-corrected chi connectivity index (χ3v) is 4.25. The lowest BCUT2D eigenvalue weighted by Gasteiger charge is -2.27. The molecule has 8 nitrogen and oxygen atoms in total. The molecule has 0 unspecified atom stereocenters.